The predicted octanol–water partition coefficient (Wildman–Crippen LogP) is 2.11. The van der Waals surface area contributed by atoms with E-state index in [1.807, 2.05) is 36.9 Å². The molecule has 0 fully saturated rings. The lowest BCUT2D eigenvalue weighted by Gasteiger charge is -2.24. The zero-order chi connectivity index (χ0) is 14.3. The van der Waals surface area contributed by atoms with Gasteiger partial charge in [-0.1, -0.05) is 6.07 Å². The first-order valence-electron chi connectivity index (χ1n) is 6.91. The van der Waals surface area contributed by atoms with Gasteiger partial charge in [-0.25, -0.2) is 0 Å². The molecule has 20 heavy (non-hydrogen) atoms. The number of aliphatic hydroxyl groups is 1. The highest BCUT2D eigenvalue weighted by atomic mass is 16.5. The number of ether oxygens (including phenoxy) is 1. The van der Waals surface area contributed by atoms with Crippen LogP contribution in [0, 0.1) is 6.92 Å². The van der Waals surface area contributed by atoms with Gasteiger partial charge in [-0.05, 0) is 49.1 Å². The van der Waals surface area contributed by atoms with Crippen LogP contribution in [0.3, 0.4) is 0 Å². The third kappa shape index (κ3) is 2.10. The van der Waals surface area contributed by atoms with Crippen molar-refractivity contribution in [2.75, 3.05) is 7.11 Å². The highest BCUT2D eigenvalue weighted by Crippen LogP contribution is 2.41. The van der Waals surface area contributed by atoms with Crippen LogP contribution in [-0.4, -0.2) is 22.0 Å². The van der Waals surface area contributed by atoms with Crippen molar-refractivity contribution in [2.24, 2.45) is 7.05 Å². The number of rotatable bonds is 3. The predicted molar refractivity (Wildman–Crippen MR) is 76.9 cm³/mol. The first-order valence-corrected chi connectivity index (χ1v) is 6.91. The third-order valence-electron chi connectivity index (χ3n) is 4.20. The molecule has 1 atom stereocenters. The number of aryl methyl sites for hydroxylation is 3. The molecule has 106 valence electrons. The molecule has 1 aromatic heterocycles. The van der Waals surface area contributed by atoms with Crippen molar-refractivity contribution >= 4 is 0 Å². The highest BCUT2D eigenvalue weighted by Gasteiger charge is 2.37. The van der Waals surface area contributed by atoms with Crippen LogP contribution in [0.2, 0.25) is 0 Å². The van der Waals surface area contributed by atoms with Gasteiger partial charge in [0.15, 0.2) is 0 Å². The van der Waals surface area contributed by atoms with Gasteiger partial charge in [0.1, 0.15) is 5.75 Å². The maximum absolute atomic E-state index is 11.1. The third-order valence-corrected chi connectivity index (χ3v) is 4.20. The summed E-state index contributed by atoms with van der Waals surface area (Å²) in [5.41, 5.74) is 3.43. The molecule has 0 saturated heterocycles. The van der Waals surface area contributed by atoms with Gasteiger partial charge in [-0.15, -0.1) is 0 Å². The van der Waals surface area contributed by atoms with Crippen LogP contribution < -0.4 is 4.74 Å². The van der Waals surface area contributed by atoms with E-state index in [1.165, 1.54) is 5.56 Å². The van der Waals surface area contributed by atoms with Crippen LogP contribution in [-0.2, 0) is 25.5 Å². The van der Waals surface area contributed by atoms with Crippen LogP contribution in [0.4, 0.5) is 0 Å². The van der Waals surface area contributed by atoms with Crippen molar-refractivity contribution in [3.63, 3.8) is 0 Å². The normalized spacial score (nSPS) is 21.0. The zero-order valence-corrected chi connectivity index (χ0v) is 12.2. The summed E-state index contributed by atoms with van der Waals surface area (Å²) in [6, 6.07) is 8.01. The minimum Gasteiger partial charge on any atom is -0.497 e. The van der Waals surface area contributed by atoms with Crippen LogP contribution >= 0.6 is 0 Å². The summed E-state index contributed by atoms with van der Waals surface area (Å²) in [6.07, 6.45) is 2.25. The first-order chi connectivity index (χ1) is 9.51. The molecule has 1 unspecified atom stereocenters. The summed E-state index contributed by atoms with van der Waals surface area (Å²) in [5, 5.41) is 15.4. The molecule has 0 radical (unpaired) electrons. The van der Waals surface area contributed by atoms with Gasteiger partial charge in [-0.3, -0.25) is 4.68 Å². The Kier molecular flexibility index (Phi) is 3.05. The van der Waals surface area contributed by atoms with Gasteiger partial charge in [0.2, 0.25) is 0 Å². The lowest BCUT2D eigenvalue weighted by Crippen LogP contribution is -2.26. The van der Waals surface area contributed by atoms with Gasteiger partial charge in [0.25, 0.3) is 0 Å². The Balaban J connectivity index is 1.97. The molecule has 1 heterocycles. The summed E-state index contributed by atoms with van der Waals surface area (Å²) in [4.78, 5) is 0. The fourth-order valence-corrected chi connectivity index (χ4v) is 3.12. The van der Waals surface area contributed by atoms with Crippen molar-refractivity contribution in [3.8, 4) is 5.75 Å². The largest absolute Gasteiger partial charge is 0.497 e. The second-order valence-electron chi connectivity index (χ2n) is 5.63. The van der Waals surface area contributed by atoms with Crippen LogP contribution in [0.1, 0.15) is 28.9 Å². The molecule has 1 aliphatic carbocycles. The average Bonchev–Trinajstić information content (AvgIpc) is 2.91. The summed E-state index contributed by atoms with van der Waals surface area (Å²) in [5.74, 6) is 0.797. The van der Waals surface area contributed by atoms with E-state index >= 15 is 0 Å². The lowest BCUT2D eigenvalue weighted by molar-refractivity contribution is 0.0369. The molecule has 4 heteroatoms. The Bertz CT molecular complexity index is 648. The molecule has 1 aliphatic rings. The molecule has 2 aromatic rings. The Morgan fingerprint density at radius 2 is 2.20 bits per heavy atom. The summed E-state index contributed by atoms with van der Waals surface area (Å²) < 4.78 is 7.13. The molecule has 1 N–H and O–H groups in total. The SMILES string of the molecule is COc1ccc2c(c1)C(O)(Cc1cc(C)nn1C)CC2. The molecule has 4 nitrogen and oxygen atoms in total. The number of hydrogen-bond donors (Lipinski definition) is 1. The van der Waals surface area contributed by atoms with Crippen molar-refractivity contribution in [1.29, 1.82) is 0 Å². The quantitative estimate of drug-likeness (QED) is 0.931. The van der Waals surface area contributed by atoms with Gasteiger partial charge in [-0.2, -0.15) is 5.10 Å². The number of benzene rings is 1. The summed E-state index contributed by atoms with van der Waals surface area (Å²) in [7, 11) is 3.58. The molecular formula is C16H20N2O2. The molecule has 0 amide bonds. The molecule has 3 rings (SSSR count). The molecule has 0 saturated carbocycles. The van der Waals surface area contributed by atoms with Crippen molar-refractivity contribution in [1.82, 2.24) is 9.78 Å². The maximum Gasteiger partial charge on any atom is 0.119 e. The molecule has 1 aromatic carbocycles. The molecule has 0 aliphatic heterocycles. The summed E-state index contributed by atoms with van der Waals surface area (Å²) >= 11 is 0. The summed E-state index contributed by atoms with van der Waals surface area (Å²) in [6.45, 7) is 1.97. The van der Waals surface area contributed by atoms with E-state index < -0.39 is 5.60 Å². The number of methoxy groups -OCH3 is 1. The highest BCUT2D eigenvalue weighted by molar-refractivity contribution is 5.43. The molecule has 0 bridgehead atoms. The van der Waals surface area contributed by atoms with Crippen LogP contribution in [0.25, 0.3) is 0 Å². The van der Waals surface area contributed by atoms with Crippen LogP contribution in [0.15, 0.2) is 24.3 Å². The van der Waals surface area contributed by atoms with Gasteiger partial charge in [0.05, 0.1) is 18.4 Å². The number of aromatic nitrogens is 2. The number of nitrogens with zero attached hydrogens (tertiary/aromatic N) is 2. The van der Waals surface area contributed by atoms with Gasteiger partial charge < -0.3 is 9.84 Å². The van der Waals surface area contributed by atoms with E-state index in [-0.39, 0.29) is 0 Å². The van der Waals surface area contributed by atoms with E-state index in [4.69, 9.17) is 4.74 Å². The number of hydrogen-bond acceptors (Lipinski definition) is 3. The fourth-order valence-electron chi connectivity index (χ4n) is 3.12. The Morgan fingerprint density at radius 1 is 1.40 bits per heavy atom. The maximum atomic E-state index is 11.1. The first kappa shape index (κ1) is 13.2. The monoisotopic (exact) mass is 272 g/mol. The molecular weight excluding hydrogens is 252 g/mol. The second-order valence-corrected chi connectivity index (χ2v) is 5.63. The number of fused-ring (bicyclic) bond motifs is 1. The minimum absolute atomic E-state index is 0.588. The van der Waals surface area contributed by atoms with Crippen molar-refractivity contribution in [3.05, 3.63) is 46.8 Å². The Hall–Kier alpha value is -1.81. The van der Waals surface area contributed by atoms with E-state index in [2.05, 4.69) is 11.2 Å². The standard InChI is InChI=1S/C16H20N2O2/c1-11-8-13(18(2)17-11)10-16(19)7-6-12-4-5-14(20-3)9-15(12)16/h4-5,8-9,19H,6-7,10H2,1-3H3. The van der Waals surface area contributed by atoms with E-state index in [0.717, 1.165) is 35.5 Å². The van der Waals surface area contributed by atoms with E-state index in [0.29, 0.717) is 6.42 Å². The van der Waals surface area contributed by atoms with Crippen LogP contribution in [0.5, 0.6) is 5.75 Å². The van der Waals surface area contributed by atoms with Gasteiger partial charge in [0, 0.05) is 19.2 Å². The average molecular weight is 272 g/mol. The Morgan fingerprint density at radius 3 is 2.85 bits per heavy atom. The van der Waals surface area contributed by atoms with Crippen molar-refractivity contribution < 1.29 is 9.84 Å². The van der Waals surface area contributed by atoms with Gasteiger partial charge >= 0.3 is 0 Å². The van der Waals surface area contributed by atoms with E-state index in [9.17, 15) is 5.11 Å². The fraction of sp³-hybridized carbons (Fsp3) is 0.438. The Labute approximate surface area is 119 Å². The topological polar surface area (TPSA) is 47.3 Å². The smallest absolute Gasteiger partial charge is 0.119 e. The molecule has 0 spiro atoms. The van der Waals surface area contributed by atoms with Crippen molar-refractivity contribution in [2.45, 2.75) is 31.8 Å². The lowest BCUT2D eigenvalue weighted by atomic mass is 9.90. The second kappa shape index (κ2) is 4.63. The van der Waals surface area contributed by atoms with E-state index in [1.54, 1.807) is 7.11 Å². The minimum atomic E-state index is -0.815. The zero-order valence-electron chi connectivity index (χ0n) is 12.2.